The zero-order valence-electron chi connectivity index (χ0n) is 18.5. The van der Waals surface area contributed by atoms with Crippen molar-refractivity contribution < 1.29 is 9.53 Å². The number of amides is 1. The average molecular weight is 425 g/mol. The number of ether oxygens (including phenoxy) is 1. The summed E-state index contributed by atoms with van der Waals surface area (Å²) in [7, 11) is 0. The molecule has 3 heterocycles. The Balaban J connectivity index is 1.33. The second-order valence-electron chi connectivity index (χ2n) is 7.88. The lowest BCUT2D eigenvalue weighted by atomic mass is 10.1. The zero-order valence-corrected chi connectivity index (χ0v) is 18.5. The Labute approximate surface area is 184 Å². The maximum Gasteiger partial charge on any atom is 0.257 e. The molecule has 0 unspecified atom stereocenters. The molecule has 0 atom stereocenters. The Morgan fingerprint density at radius 1 is 0.839 bits per heavy atom. The fourth-order valence-corrected chi connectivity index (χ4v) is 4.18. The highest BCUT2D eigenvalue weighted by Crippen LogP contribution is 2.22. The fourth-order valence-electron chi connectivity index (χ4n) is 4.18. The molecule has 1 aromatic heterocycles. The molecule has 1 amide bonds. The molecule has 0 saturated carbocycles. The van der Waals surface area contributed by atoms with Crippen molar-refractivity contribution in [3.05, 3.63) is 42.0 Å². The molecule has 2 saturated heterocycles. The van der Waals surface area contributed by atoms with Crippen molar-refractivity contribution in [1.82, 2.24) is 20.0 Å². The monoisotopic (exact) mass is 424 g/mol. The molecule has 2 aliphatic rings. The third-order valence-corrected chi connectivity index (χ3v) is 6.09. The smallest absolute Gasteiger partial charge is 0.257 e. The molecule has 31 heavy (non-hydrogen) atoms. The van der Waals surface area contributed by atoms with Crippen LogP contribution in [0.5, 0.6) is 5.75 Å². The summed E-state index contributed by atoms with van der Waals surface area (Å²) in [5.74, 6) is 2.49. The molecule has 0 spiro atoms. The van der Waals surface area contributed by atoms with Crippen molar-refractivity contribution in [3.63, 3.8) is 0 Å². The number of anilines is 2. The van der Waals surface area contributed by atoms with Crippen LogP contribution in [-0.4, -0.2) is 91.4 Å². The number of carbonyl (C=O) groups excluding carboxylic acids is 1. The summed E-state index contributed by atoms with van der Waals surface area (Å²) in [6.07, 6.45) is 0. The van der Waals surface area contributed by atoms with Crippen LogP contribution in [0.15, 0.2) is 36.4 Å². The van der Waals surface area contributed by atoms with Crippen LogP contribution in [-0.2, 0) is 0 Å². The fraction of sp³-hybridized carbons (Fsp3) is 0.522. The van der Waals surface area contributed by atoms with Crippen LogP contribution in [0.3, 0.4) is 0 Å². The van der Waals surface area contributed by atoms with Gasteiger partial charge in [0.15, 0.2) is 11.6 Å². The minimum atomic E-state index is 0.0244. The number of hydrogen-bond acceptors (Lipinski definition) is 7. The van der Waals surface area contributed by atoms with E-state index in [0.29, 0.717) is 31.0 Å². The lowest BCUT2D eigenvalue weighted by Gasteiger charge is -2.36. The summed E-state index contributed by atoms with van der Waals surface area (Å²) < 4.78 is 5.63. The summed E-state index contributed by atoms with van der Waals surface area (Å²) in [5.41, 5.74) is 0.630. The standard InChI is InChI=1S/C23H32N6O2/c1-3-26-11-13-27(14-12-26)21-9-10-22(25-24-21)28-15-17-29(18-16-28)23(30)19-7-5-6-8-20(19)31-4-2/h5-10H,3-4,11-18H2,1-2H3. The average Bonchev–Trinajstić information content (AvgIpc) is 2.84. The Hall–Kier alpha value is -2.87. The van der Waals surface area contributed by atoms with Crippen LogP contribution in [0, 0.1) is 0 Å². The quantitative estimate of drug-likeness (QED) is 0.703. The molecule has 0 bridgehead atoms. The number of aromatic nitrogens is 2. The van der Waals surface area contributed by atoms with Crippen molar-refractivity contribution >= 4 is 17.5 Å². The lowest BCUT2D eigenvalue weighted by molar-refractivity contribution is 0.0742. The molecule has 8 nitrogen and oxygen atoms in total. The third-order valence-electron chi connectivity index (χ3n) is 6.09. The predicted molar refractivity (Wildman–Crippen MR) is 122 cm³/mol. The van der Waals surface area contributed by atoms with Gasteiger partial charge in [0.1, 0.15) is 5.75 Å². The van der Waals surface area contributed by atoms with Crippen LogP contribution >= 0.6 is 0 Å². The van der Waals surface area contributed by atoms with E-state index in [-0.39, 0.29) is 5.91 Å². The number of nitrogens with zero attached hydrogens (tertiary/aromatic N) is 6. The van der Waals surface area contributed by atoms with Gasteiger partial charge in [0.2, 0.25) is 0 Å². The van der Waals surface area contributed by atoms with Gasteiger partial charge in [-0.15, -0.1) is 10.2 Å². The van der Waals surface area contributed by atoms with Gasteiger partial charge < -0.3 is 24.3 Å². The van der Waals surface area contributed by atoms with Gasteiger partial charge in [0.05, 0.1) is 12.2 Å². The minimum Gasteiger partial charge on any atom is -0.493 e. The van der Waals surface area contributed by atoms with E-state index in [2.05, 4.69) is 44.0 Å². The number of carbonyl (C=O) groups is 1. The van der Waals surface area contributed by atoms with Gasteiger partial charge in [-0.25, -0.2) is 0 Å². The molecular formula is C23H32N6O2. The van der Waals surface area contributed by atoms with E-state index in [9.17, 15) is 4.79 Å². The van der Waals surface area contributed by atoms with Crippen LogP contribution < -0.4 is 14.5 Å². The molecular weight excluding hydrogens is 392 g/mol. The number of piperazine rings is 2. The first kappa shape index (κ1) is 21.4. The first-order chi connectivity index (χ1) is 15.2. The normalized spacial score (nSPS) is 17.7. The van der Waals surface area contributed by atoms with Crippen LogP contribution in [0.4, 0.5) is 11.6 Å². The molecule has 2 aliphatic heterocycles. The van der Waals surface area contributed by atoms with Crippen molar-refractivity contribution in [1.29, 1.82) is 0 Å². The van der Waals surface area contributed by atoms with E-state index < -0.39 is 0 Å². The number of benzene rings is 1. The highest BCUT2D eigenvalue weighted by atomic mass is 16.5. The van der Waals surface area contributed by atoms with E-state index in [1.165, 1.54) is 0 Å². The van der Waals surface area contributed by atoms with Gasteiger partial charge in [0.25, 0.3) is 5.91 Å². The summed E-state index contributed by atoms with van der Waals surface area (Å²) in [4.78, 5) is 21.8. The predicted octanol–water partition coefficient (Wildman–Crippen LogP) is 1.98. The Kier molecular flexibility index (Phi) is 6.86. The zero-order chi connectivity index (χ0) is 21.6. The summed E-state index contributed by atoms with van der Waals surface area (Å²) in [5, 5.41) is 8.96. The van der Waals surface area contributed by atoms with Gasteiger partial charge in [-0.2, -0.15) is 0 Å². The van der Waals surface area contributed by atoms with E-state index in [4.69, 9.17) is 4.74 Å². The topological polar surface area (TPSA) is 65.0 Å². The van der Waals surface area contributed by atoms with E-state index in [1.807, 2.05) is 36.1 Å². The van der Waals surface area contributed by atoms with Crippen molar-refractivity contribution in [3.8, 4) is 5.75 Å². The number of likely N-dealkylation sites (N-methyl/N-ethyl adjacent to an activating group) is 1. The van der Waals surface area contributed by atoms with Crippen molar-refractivity contribution in [2.45, 2.75) is 13.8 Å². The van der Waals surface area contributed by atoms with E-state index >= 15 is 0 Å². The molecule has 4 rings (SSSR count). The van der Waals surface area contributed by atoms with Crippen molar-refractivity contribution in [2.75, 3.05) is 75.3 Å². The van der Waals surface area contributed by atoms with Crippen LogP contribution in [0.25, 0.3) is 0 Å². The third kappa shape index (κ3) is 4.90. The largest absolute Gasteiger partial charge is 0.493 e. The molecule has 2 fully saturated rings. The second-order valence-corrected chi connectivity index (χ2v) is 7.88. The number of rotatable bonds is 6. The lowest BCUT2D eigenvalue weighted by Crippen LogP contribution is -2.49. The molecule has 0 aliphatic carbocycles. The molecule has 1 aromatic carbocycles. The molecule has 0 radical (unpaired) electrons. The molecule has 166 valence electrons. The summed E-state index contributed by atoms with van der Waals surface area (Å²) in [6, 6.07) is 11.6. The number of hydrogen-bond donors (Lipinski definition) is 0. The second kappa shape index (κ2) is 9.96. The maximum atomic E-state index is 13.0. The maximum absolute atomic E-state index is 13.0. The van der Waals surface area contributed by atoms with Crippen LogP contribution in [0.1, 0.15) is 24.2 Å². The highest BCUT2D eigenvalue weighted by molar-refractivity contribution is 5.97. The van der Waals surface area contributed by atoms with E-state index in [0.717, 1.165) is 57.4 Å². The Morgan fingerprint density at radius 2 is 1.42 bits per heavy atom. The van der Waals surface area contributed by atoms with Gasteiger partial charge in [-0.1, -0.05) is 19.1 Å². The molecule has 0 N–H and O–H groups in total. The first-order valence-electron chi connectivity index (χ1n) is 11.3. The SMILES string of the molecule is CCOc1ccccc1C(=O)N1CCN(c2ccc(N3CCN(CC)CC3)nn2)CC1. The van der Waals surface area contributed by atoms with Crippen LogP contribution in [0.2, 0.25) is 0 Å². The summed E-state index contributed by atoms with van der Waals surface area (Å²) in [6.45, 7) is 12.7. The number of para-hydroxylation sites is 1. The van der Waals surface area contributed by atoms with Gasteiger partial charge >= 0.3 is 0 Å². The van der Waals surface area contributed by atoms with E-state index in [1.54, 1.807) is 0 Å². The summed E-state index contributed by atoms with van der Waals surface area (Å²) >= 11 is 0. The van der Waals surface area contributed by atoms with Gasteiger partial charge in [-0.05, 0) is 37.7 Å². The minimum absolute atomic E-state index is 0.0244. The highest BCUT2D eigenvalue weighted by Gasteiger charge is 2.25. The van der Waals surface area contributed by atoms with Gasteiger partial charge in [-0.3, -0.25) is 4.79 Å². The molecule has 8 heteroatoms. The molecule has 2 aromatic rings. The van der Waals surface area contributed by atoms with Gasteiger partial charge in [0, 0.05) is 52.4 Å². The Morgan fingerprint density at radius 3 is 1.97 bits per heavy atom. The Bertz CT molecular complexity index is 859. The first-order valence-corrected chi connectivity index (χ1v) is 11.3. The van der Waals surface area contributed by atoms with Crippen molar-refractivity contribution in [2.24, 2.45) is 0 Å².